The van der Waals surface area contributed by atoms with Crippen molar-refractivity contribution in [2.45, 2.75) is 0 Å². The average Bonchev–Trinajstić information content (AvgIpc) is 2.77. The van der Waals surface area contributed by atoms with E-state index in [0.717, 1.165) is 16.7 Å². The molecule has 0 N–H and O–H groups in total. The molecule has 18 heavy (non-hydrogen) atoms. The molecule has 0 heterocycles. The minimum atomic E-state index is -0.246. The van der Waals surface area contributed by atoms with Crippen LogP contribution in [-0.2, 0) is 4.79 Å². The van der Waals surface area contributed by atoms with Gasteiger partial charge in [-0.05, 0) is 41.0 Å². The molecule has 82 valence electrons. The minimum absolute atomic E-state index is 0.151. The van der Waals surface area contributed by atoms with Gasteiger partial charge in [0, 0.05) is 5.57 Å². The lowest BCUT2D eigenvalue weighted by Crippen LogP contribution is -2.07. The summed E-state index contributed by atoms with van der Waals surface area (Å²) >= 11 is 0. The molecule has 0 aromatic heterocycles. The number of carbonyl (C=O) groups excluding carboxylic acids is 1. The number of ketones is 1. The molecule has 0 bridgehead atoms. The van der Waals surface area contributed by atoms with Crippen LogP contribution in [-0.4, -0.2) is 5.78 Å². The highest BCUT2D eigenvalue weighted by Crippen LogP contribution is 2.39. The first-order valence-corrected chi connectivity index (χ1v) is 5.38. The maximum Gasteiger partial charge on any atom is 0.204 e. The smallest absolute Gasteiger partial charge is 0.204 e. The molecule has 1 aromatic rings. The Morgan fingerprint density at radius 3 is 2.56 bits per heavy atom. The van der Waals surface area contributed by atoms with Crippen LogP contribution >= 0.6 is 0 Å². The lowest BCUT2D eigenvalue weighted by atomic mass is 9.92. The van der Waals surface area contributed by atoms with Crippen LogP contribution in [0.2, 0.25) is 0 Å². The van der Waals surface area contributed by atoms with E-state index < -0.39 is 0 Å². The number of hydrogen-bond acceptors (Lipinski definition) is 3. The fraction of sp³-hybridized carbons (Fsp3) is 0. The predicted molar refractivity (Wildman–Crippen MR) is 65.8 cm³/mol. The maximum absolute atomic E-state index is 12.0. The first kappa shape index (κ1) is 10.3. The summed E-state index contributed by atoms with van der Waals surface area (Å²) in [5.41, 5.74) is 3.88. The molecule has 0 spiro atoms. The molecule has 2 aliphatic rings. The third-order valence-electron chi connectivity index (χ3n) is 3.09. The normalized spacial score (nSPS) is 15.7. The van der Waals surface area contributed by atoms with Gasteiger partial charge in [-0.15, -0.1) is 0 Å². The number of allylic oxidation sites excluding steroid dienone is 5. The molecule has 0 amide bonds. The largest absolute Gasteiger partial charge is 0.288 e. The zero-order valence-corrected chi connectivity index (χ0v) is 9.27. The van der Waals surface area contributed by atoms with Gasteiger partial charge in [-0.3, -0.25) is 4.79 Å². The van der Waals surface area contributed by atoms with Crippen LogP contribution in [0.4, 0.5) is 0 Å². The van der Waals surface area contributed by atoms with Crippen LogP contribution in [0.1, 0.15) is 16.7 Å². The summed E-state index contributed by atoms with van der Waals surface area (Å²) in [4.78, 5) is 12.0. The molecule has 0 saturated carbocycles. The molecular formula is C15H6N2O. The Morgan fingerprint density at radius 1 is 1.00 bits per heavy atom. The number of Topliss-reactive ketones (excluding diaryl/α,β-unsaturated/α-hetero) is 1. The van der Waals surface area contributed by atoms with Crippen LogP contribution in [0, 0.1) is 22.7 Å². The quantitative estimate of drug-likeness (QED) is 0.687. The Morgan fingerprint density at radius 2 is 1.83 bits per heavy atom. The summed E-state index contributed by atoms with van der Waals surface area (Å²) in [6.07, 6.45) is 5.07. The summed E-state index contributed by atoms with van der Waals surface area (Å²) in [7, 11) is 0. The van der Waals surface area contributed by atoms with E-state index in [1.807, 2.05) is 12.1 Å². The van der Waals surface area contributed by atoms with E-state index in [-0.39, 0.29) is 11.4 Å². The third kappa shape index (κ3) is 1.25. The highest BCUT2D eigenvalue weighted by molar-refractivity contribution is 6.27. The third-order valence-corrected chi connectivity index (χ3v) is 3.09. The van der Waals surface area contributed by atoms with Gasteiger partial charge in [-0.1, -0.05) is 12.1 Å². The number of rotatable bonds is 0. The van der Waals surface area contributed by atoms with Gasteiger partial charge in [0.1, 0.15) is 6.07 Å². The van der Waals surface area contributed by atoms with Gasteiger partial charge in [0.25, 0.3) is 0 Å². The zero-order valence-electron chi connectivity index (χ0n) is 9.27. The molecule has 0 radical (unpaired) electrons. The van der Waals surface area contributed by atoms with E-state index >= 15 is 0 Å². The van der Waals surface area contributed by atoms with Crippen LogP contribution in [0.25, 0.3) is 11.6 Å². The van der Waals surface area contributed by atoms with Crippen molar-refractivity contribution in [3.8, 4) is 12.1 Å². The Balaban J connectivity index is 2.21. The van der Waals surface area contributed by atoms with Crippen molar-refractivity contribution in [3.05, 3.63) is 58.2 Å². The van der Waals surface area contributed by atoms with Gasteiger partial charge in [0.2, 0.25) is 5.78 Å². The van der Waals surface area contributed by atoms with Crippen LogP contribution in [0.5, 0.6) is 0 Å². The first-order valence-electron chi connectivity index (χ1n) is 5.38. The van der Waals surface area contributed by atoms with Crippen molar-refractivity contribution < 1.29 is 4.79 Å². The molecule has 3 rings (SSSR count). The monoisotopic (exact) mass is 230 g/mol. The van der Waals surface area contributed by atoms with Crippen molar-refractivity contribution in [1.29, 1.82) is 10.5 Å². The van der Waals surface area contributed by atoms with Crippen molar-refractivity contribution in [2.24, 2.45) is 0 Å². The SMILES string of the molecule is N#CC1=CC=C2C(=Cc3cc(C#N)ccc32)C1=O. The summed E-state index contributed by atoms with van der Waals surface area (Å²) in [6.45, 7) is 0. The predicted octanol–water partition coefficient (Wildman–Crippen LogP) is 2.37. The van der Waals surface area contributed by atoms with Crippen molar-refractivity contribution in [2.75, 3.05) is 0 Å². The second-order valence-corrected chi connectivity index (χ2v) is 4.07. The minimum Gasteiger partial charge on any atom is -0.288 e. The second-order valence-electron chi connectivity index (χ2n) is 4.07. The van der Waals surface area contributed by atoms with E-state index in [4.69, 9.17) is 10.5 Å². The molecule has 0 unspecified atom stereocenters. The molecule has 3 nitrogen and oxygen atoms in total. The Hall–Kier alpha value is -2.91. The number of fused-ring (bicyclic) bond motifs is 3. The molecule has 0 saturated heterocycles. The van der Waals surface area contributed by atoms with E-state index in [9.17, 15) is 4.79 Å². The van der Waals surface area contributed by atoms with E-state index in [1.54, 1.807) is 30.4 Å². The van der Waals surface area contributed by atoms with Gasteiger partial charge < -0.3 is 0 Å². The number of nitrogens with zero attached hydrogens (tertiary/aromatic N) is 2. The van der Waals surface area contributed by atoms with Gasteiger partial charge in [-0.2, -0.15) is 10.5 Å². The molecule has 3 heteroatoms. The average molecular weight is 230 g/mol. The molecular weight excluding hydrogens is 224 g/mol. The van der Waals surface area contributed by atoms with E-state index in [0.29, 0.717) is 11.1 Å². The number of benzene rings is 1. The van der Waals surface area contributed by atoms with Crippen molar-refractivity contribution >= 4 is 17.4 Å². The van der Waals surface area contributed by atoms with Crippen LogP contribution < -0.4 is 0 Å². The summed E-state index contributed by atoms with van der Waals surface area (Å²) < 4.78 is 0. The Bertz CT molecular complexity index is 765. The summed E-state index contributed by atoms with van der Waals surface area (Å²) in [5, 5.41) is 17.7. The maximum atomic E-state index is 12.0. The molecule has 0 atom stereocenters. The molecule has 2 aliphatic carbocycles. The number of hydrogen-bond donors (Lipinski definition) is 0. The van der Waals surface area contributed by atoms with Gasteiger partial charge in [-0.25, -0.2) is 0 Å². The highest BCUT2D eigenvalue weighted by Gasteiger charge is 2.28. The van der Waals surface area contributed by atoms with Gasteiger partial charge in [0.05, 0.1) is 17.2 Å². The van der Waals surface area contributed by atoms with Gasteiger partial charge in [0.15, 0.2) is 0 Å². The summed E-state index contributed by atoms with van der Waals surface area (Å²) in [6, 6.07) is 9.27. The molecule has 0 fully saturated rings. The van der Waals surface area contributed by atoms with Crippen molar-refractivity contribution in [1.82, 2.24) is 0 Å². The highest BCUT2D eigenvalue weighted by atomic mass is 16.1. The standard InChI is InChI=1S/C15H6N2O/c16-7-9-1-3-12-11(5-9)6-14-13(12)4-2-10(8-17)15(14)18/h1-6H. The molecule has 0 aliphatic heterocycles. The van der Waals surface area contributed by atoms with E-state index in [2.05, 4.69) is 6.07 Å². The van der Waals surface area contributed by atoms with Crippen LogP contribution in [0.15, 0.2) is 41.5 Å². The summed E-state index contributed by atoms with van der Waals surface area (Å²) in [5.74, 6) is -0.246. The lowest BCUT2D eigenvalue weighted by molar-refractivity contribution is -0.111. The molecule has 1 aromatic carbocycles. The van der Waals surface area contributed by atoms with Crippen molar-refractivity contribution in [3.63, 3.8) is 0 Å². The first-order chi connectivity index (χ1) is 8.74. The Labute approximate surface area is 104 Å². The topological polar surface area (TPSA) is 64.7 Å². The number of nitriles is 2. The van der Waals surface area contributed by atoms with Gasteiger partial charge >= 0.3 is 0 Å². The fourth-order valence-electron chi connectivity index (χ4n) is 2.22. The van der Waals surface area contributed by atoms with E-state index in [1.165, 1.54) is 0 Å². The Kier molecular flexibility index (Phi) is 2.02. The number of carbonyl (C=O) groups is 1. The van der Waals surface area contributed by atoms with Crippen LogP contribution in [0.3, 0.4) is 0 Å². The zero-order chi connectivity index (χ0) is 12.7. The fourth-order valence-corrected chi connectivity index (χ4v) is 2.22. The lowest BCUT2D eigenvalue weighted by Gasteiger charge is -2.09. The second kappa shape index (κ2) is 3.55.